The number of anilines is 1. The van der Waals surface area contributed by atoms with Crippen molar-refractivity contribution < 1.29 is 22.3 Å². The molecule has 0 spiro atoms. The predicted molar refractivity (Wildman–Crippen MR) is 70.4 cm³/mol. The average molecular weight is 301 g/mol. The summed E-state index contributed by atoms with van der Waals surface area (Å²) in [5.74, 6) is 4.29. The zero-order chi connectivity index (χ0) is 15.2. The van der Waals surface area contributed by atoms with Gasteiger partial charge in [-0.3, -0.25) is 4.72 Å². The topological polar surface area (TPSA) is 111 Å². The molecule has 0 bridgehead atoms. The van der Waals surface area contributed by atoms with Gasteiger partial charge in [0.05, 0.1) is 24.9 Å². The monoisotopic (exact) mass is 301 g/mol. The second-order valence-corrected chi connectivity index (χ2v) is 4.81. The van der Waals surface area contributed by atoms with Gasteiger partial charge in [0.1, 0.15) is 5.82 Å². The van der Waals surface area contributed by atoms with Gasteiger partial charge in [-0.15, -0.1) is 0 Å². The van der Waals surface area contributed by atoms with Crippen LogP contribution in [0.2, 0.25) is 0 Å². The van der Waals surface area contributed by atoms with Crippen molar-refractivity contribution in [2.75, 3.05) is 18.4 Å². The Morgan fingerprint density at radius 3 is 2.80 bits per heavy atom. The van der Waals surface area contributed by atoms with Crippen molar-refractivity contribution in [2.24, 2.45) is 5.73 Å². The largest absolute Gasteiger partial charge is 0.452 e. The van der Waals surface area contributed by atoms with Gasteiger partial charge in [-0.05, 0) is 18.2 Å². The van der Waals surface area contributed by atoms with Crippen LogP contribution in [0.3, 0.4) is 0 Å². The standard InChI is InChI=1S/C11H12FN3O4S/c1-19-11(16)15-20(17,18)14-9-4-5-10(12)8(7-9)3-2-6-13/h4-5,7,14H,6,13H2,1H3,(H,15,16). The maximum Gasteiger partial charge on any atom is 0.422 e. The summed E-state index contributed by atoms with van der Waals surface area (Å²) in [5, 5.41) is 0. The third-order valence-corrected chi connectivity index (χ3v) is 2.89. The minimum atomic E-state index is -4.17. The molecule has 0 aliphatic rings. The molecule has 0 atom stereocenters. The summed E-state index contributed by atoms with van der Waals surface area (Å²) in [6.45, 7) is 0.0410. The third kappa shape index (κ3) is 4.75. The highest BCUT2D eigenvalue weighted by Gasteiger charge is 2.15. The van der Waals surface area contributed by atoms with Crippen molar-refractivity contribution in [1.82, 2.24) is 4.72 Å². The van der Waals surface area contributed by atoms with Gasteiger partial charge in [-0.25, -0.2) is 13.9 Å². The van der Waals surface area contributed by atoms with Gasteiger partial charge in [-0.1, -0.05) is 11.8 Å². The molecule has 7 nitrogen and oxygen atoms in total. The van der Waals surface area contributed by atoms with E-state index < -0.39 is 22.1 Å². The molecule has 0 saturated heterocycles. The first kappa shape index (κ1) is 15.7. The maximum absolute atomic E-state index is 13.4. The Morgan fingerprint density at radius 1 is 1.50 bits per heavy atom. The number of carbonyl (C=O) groups is 1. The molecule has 0 unspecified atom stereocenters. The molecule has 0 radical (unpaired) electrons. The molecule has 0 aliphatic heterocycles. The van der Waals surface area contributed by atoms with Crippen LogP contribution in [0.15, 0.2) is 18.2 Å². The minimum absolute atomic E-state index is 0.0197. The lowest BCUT2D eigenvalue weighted by atomic mass is 10.2. The Kier molecular flexibility index (Phi) is 5.31. The van der Waals surface area contributed by atoms with Crippen LogP contribution in [0.5, 0.6) is 0 Å². The molecular formula is C11H12FN3O4S. The first-order valence-corrected chi connectivity index (χ1v) is 6.73. The van der Waals surface area contributed by atoms with Crippen LogP contribution < -0.4 is 15.2 Å². The van der Waals surface area contributed by atoms with E-state index in [1.807, 2.05) is 4.72 Å². The van der Waals surface area contributed by atoms with Crippen LogP contribution in [-0.4, -0.2) is 28.2 Å². The Balaban J connectivity index is 2.96. The number of nitrogens with one attached hydrogen (secondary N) is 2. The van der Waals surface area contributed by atoms with Crippen LogP contribution in [0.4, 0.5) is 14.9 Å². The van der Waals surface area contributed by atoms with E-state index in [1.165, 1.54) is 12.1 Å². The Bertz CT molecular complexity index is 664. The number of hydrogen-bond acceptors (Lipinski definition) is 5. The van der Waals surface area contributed by atoms with Crippen molar-refractivity contribution in [2.45, 2.75) is 0 Å². The van der Waals surface area contributed by atoms with Crippen molar-refractivity contribution in [3.63, 3.8) is 0 Å². The van der Waals surface area contributed by atoms with E-state index >= 15 is 0 Å². The zero-order valence-corrected chi connectivity index (χ0v) is 11.3. The Hall–Kier alpha value is -2.31. The van der Waals surface area contributed by atoms with Crippen molar-refractivity contribution >= 4 is 22.0 Å². The van der Waals surface area contributed by atoms with Crippen molar-refractivity contribution in [3.05, 3.63) is 29.6 Å². The molecule has 0 saturated carbocycles. The lowest BCUT2D eigenvalue weighted by molar-refractivity contribution is 0.177. The molecule has 0 heterocycles. The van der Waals surface area contributed by atoms with Crippen LogP contribution in [0.25, 0.3) is 0 Å². The van der Waals surface area contributed by atoms with Gasteiger partial charge >= 0.3 is 16.3 Å². The molecule has 0 aliphatic carbocycles. The second-order valence-electron chi connectivity index (χ2n) is 3.40. The van der Waals surface area contributed by atoms with Gasteiger partial charge in [0.25, 0.3) is 0 Å². The third-order valence-electron chi connectivity index (χ3n) is 1.95. The number of amides is 1. The van der Waals surface area contributed by atoms with E-state index in [-0.39, 0.29) is 17.8 Å². The number of rotatable bonds is 3. The molecule has 1 amide bonds. The molecule has 20 heavy (non-hydrogen) atoms. The minimum Gasteiger partial charge on any atom is -0.452 e. The molecule has 108 valence electrons. The fraction of sp³-hybridized carbons (Fsp3) is 0.182. The van der Waals surface area contributed by atoms with Crippen LogP contribution in [0.1, 0.15) is 5.56 Å². The van der Waals surface area contributed by atoms with Gasteiger partial charge in [0.15, 0.2) is 0 Å². The summed E-state index contributed by atoms with van der Waals surface area (Å²) in [7, 11) is -3.15. The van der Waals surface area contributed by atoms with Crippen molar-refractivity contribution in [1.29, 1.82) is 0 Å². The summed E-state index contributed by atoms with van der Waals surface area (Å²) < 4.78 is 44.2. The normalized spacial score (nSPS) is 10.2. The first-order valence-electron chi connectivity index (χ1n) is 5.25. The van der Waals surface area contributed by atoms with E-state index in [1.54, 1.807) is 4.72 Å². The highest BCUT2D eigenvalue weighted by atomic mass is 32.2. The summed E-state index contributed by atoms with van der Waals surface area (Å²) in [6.07, 6.45) is -1.15. The summed E-state index contributed by atoms with van der Waals surface area (Å²) in [5.41, 5.74) is 5.18. The second kappa shape index (κ2) is 6.74. The summed E-state index contributed by atoms with van der Waals surface area (Å²) >= 11 is 0. The van der Waals surface area contributed by atoms with Crippen LogP contribution >= 0.6 is 0 Å². The quantitative estimate of drug-likeness (QED) is 0.688. The molecule has 9 heteroatoms. The number of nitrogens with two attached hydrogens (primary N) is 1. The van der Waals surface area contributed by atoms with Crippen molar-refractivity contribution in [3.8, 4) is 11.8 Å². The SMILES string of the molecule is COC(=O)NS(=O)(=O)Nc1ccc(F)c(C#CCN)c1. The van der Waals surface area contributed by atoms with Gasteiger partial charge < -0.3 is 10.5 Å². The lowest BCUT2D eigenvalue weighted by Gasteiger charge is -2.08. The van der Waals surface area contributed by atoms with E-state index in [0.717, 1.165) is 13.2 Å². The van der Waals surface area contributed by atoms with E-state index in [2.05, 4.69) is 16.6 Å². The highest BCUT2D eigenvalue weighted by Crippen LogP contribution is 2.14. The number of carbonyl (C=O) groups excluding carboxylic acids is 1. The Morgan fingerprint density at radius 2 is 2.20 bits per heavy atom. The van der Waals surface area contributed by atoms with Crippen LogP contribution in [-0.2, 0) is 14.9 Å². The smallest absolute Gasteiger partial charge is 0.422 e. The number of hydrogen-bond donors (Lipinski definition) is 3. The predicted octanol–water partition coefficient (Wildman–Crippen LogP) is 0.149. The summed E-state index contributed by atoms with van der Waals surface area (Å²) in [6, 6.07) is 3.39. The molecule has 1 aromatic carbocycles. The van der Waals surface area contributed by atoms with Gasteiger partial charge in [-0.2, -0.15) is 8.42 Å². The molecule has 1 rings (SSSR count). The van der Waals surface area contributed by atoms with E-state index in [9.17, 15) is 17.6 Å². The average Bonchev–Trinajstić information content (AvgIpc) is 2.38. The van der Waals surface area contributed by atoms with Gasteiger partial charge in [0.2, 0.25) is 0 Å². The van der Waals surface area contributed by atoms with Gasteiger partial charge in [0, 0.05) is 0 Å². The fourth-order valence-electron chi connectivity index (χ4n) is 1.16. The fourth-order valence-corrected chi connectivity index (χ4v) is 1.95. The number of methoxy groups -OCH3 is 1. The summed E-state index contributed by atoms with van der Waals surface area (Å²) in [4.78, 5) is 10.8. The molecule has 0 aromatic heterocycles. The molecule has 4 N–H and O–H groups in total. The van der Waals surface area contributed by atoms with E-state index in [0.29, 0.717) is 0 Å². The van der Waals surface area contributed by atoms with Crippen LogP contribution in [0, 0.1) is 17.7 Å². The number of halogens is 1. The zero-order valence-electron chi connectivity index (χ0n) is 10.4. The van der Waals surface area contributed by atoms with E-state index in [4.69, 9.17) is 5.73 Å². The molecule has 1 aromatic rings. The molecule has 0 fully saturated rings. The maximum atomic E-state index is 13.4. The molecular weight excluding hydrogens is 289 g/mol. The first-order chi connectivity index (χ1) is 9.38. The highest BCUT2D eigenvalue weighted by molar-refractivity contribution is 7.91. The lowest BCUT2D eigenvalue weighted by Crippen LogP contribution is -2.35. The number of benzene rings is 1. The number of ether oxygens (including phenoxy) is 1. The Labute approximate surface area is 115 Å².